The number of amides is 6. The van der Waals surface area contributed by atoms with Gasteiger partial charge in [0.2, 0.25) is 23.6 Å². The van der Waals surface area contributed by atoms with Crippen molar-refractivity contribution in [2.45, 2.75) is 62.4 Å². The number of pyridine rings is 1. The topological polar surface area (TPSA) is 162 Å². The van der Waals surface area contributed by atoms with Crippen LogP contribution in [0.5, 0.6) is 0 Å². The number of thioether (sulfide) groups is 1. The number of carbonyl (C=O) groups is 6. The van der Waals surface area contributed by atoms with Crippen molar-refractivity contribution in [3.8, 4) is 0 Å². The van der Waals surface area contributed by atoms with Crippen LogP contribution in [-0.2, 0) is 30.5 Å². The highest BCUT2D eigenvalue weighted by Gasteiger charge is 2.40. The van der Waals surface area contributed by atoms with Crippen molar-refractivity contribution in [2.75, 3.05) is 69.7 Å². The van der Waals surface area contributed by atoms with E-state index in [0.717, 1.165) is 66.9 Å². The minimum atomic E-state index is -0.655. The third-order valence-electron chi connectivity index (χ3n) is 11.7. The van der Waals surface area contributed by atoms with Crippen LogP contribution in [0.2, 0.25) is 0 Å². The highest BCUT2D eigenvalue weighted by atomic mass is 32.2. The number of fused-ring (bicyclic) bond motifs is 1. The molecule has 1 aromatic heterocycles. The number of imide groups is 1. The number of nitrogens with zero attached hydrogens (tertiary/aromatic N) is 5. The van der Waals surface area contributed by atoms with E-state index in [9.17, 15) is 28.8 Å². The highest BCUT2D eigenvalue weighted by Crippen LogP contribution is 2.34. The second-order valence-corrected chi connectivity index (χ2v) is 16.8. The number of anilines is 1. The molecule has 2 aromatic carbocycles. The molecule has 7 rings (SSSR count). The molecule has 4 aliphatic rings. The van der Waals surface area contributed by atoms with Crippen LogP contribution in [0, 0.1) is 5.92 Å². The van der Waals surface area contributed by atoms with Crippen molar-refractivity contribution in [3.05, 3.63) is 95.3 Å². The number of likely N-dealkylation sites (tertiary alicyclic amines) is 1. The lowest BCUT2D eigenvalue weighted by molar-refractivity contribution is -0.137. The van der Waals surface area contributed by atoms with Gasteiger partial charge in [0, 0.05) is 105 Å². The standard InChI is InChI=1S/C45H53N7O7S/c53-40(15-9-33-6-4-19-46-29-33)47-20-2-1-5-32-17-21-51(22-18-32)44(57)34-10-12-35(13-11-34)49-23-25-50(26-24-49)42(55)31-59-27-28-60-39-8-3-7-36-37(39)30-52(45(36)58)38-14-16-41(54)48-43(38)56/h3-4,6-13,15,19,29,32,38H,1-2,5,14,16-18,20-28,30-31H2,(H,47,53)(H,48,54,56)/b15-9+. The fraction of sp³-hybridized carbons (Fsp3) is 0.444. The van der Waals surface area contributed by atoms with E-state index in [1.54, 1.807) is 41.2 Å². The van der Waals surface area contributed by atoms with E-state index in [1.807, 2.05) is 58.3 Å². The molecule has 0 spiro atoms. The Labute approximate surface area is 355 Å². The molecular weight excluding hydrogens is 783 g/mol. The molecule has 15 heteroatoms. The Morgan fingerprint density at radius 3 is 2.45 bits per heavy atom. The van der Waals surface area contributed by atoms with Gasteiger partial charge in [0.1, 0.15) is 12.6 Å². The smallest absolute Gasteiger partial charge is 0.255 e. The Morgan fingerprint density at radius 1 is 0.900 bits per heavy atom. The van der Waals surface area contributed by atoms with E-state index in [1.165, 1.54) is 6.08 Å². The first-order valence-electron chi connectivity index (χ1n) is 21.0. The zero-order valence-electron chi connectivity index (χ0n) is 33.9. The summed E-state index contributed by atoms with van der Waals surface area (Å²) in [5.41, 5.74) is 4.06. The van der Waals surface area contributed by atoms with Crippen LogP contribution in [0.4, 0.5) is 5.69 Å². The molecule has 5 heterocycles. The van der Waals surface area contributed by atoms with Crippen molar-refractivity contribution in [1.29, 1.82) is 0 Å². The van der Waals surface area contributed by atoms with Gasteiger partial charge in [0.25, 0.3) is 11.8 Å². The number of unbranched alkanes of at least 4 members (excludes halogenated alkanes) is 1. The monoisotopic (exact) mass is 835 g/mol. The molecule has 2 N–H and O–H groups in total. The predicted molar refractivity (Wildman–Crippen MR) is 228 cm³/mol. The number of benzene rings is 2. The molecule has 6 amide bonds. The summed E-state index contributed by atoms with van der Waals surface area (Å²) in [7, 11) is 0. The molecular formula is C45H53N7O7S. The average molecular weight is 836 g/mol. The van der Waals surface area contributed by atoms with Crippen LogP contribution < -0.4 is 15.5 Å². The lowest BCUT2D eigenvalue weighted by Crippen LogP contribution is -2.52. The molecule has 0 saturated carbocycles. The second-order valence-electron chi connectivity index (χ2n) is 15.6. The third kappa shape index (κ3) is 11.0. The minimum absolute atomic E-state index is 0.00460. The Bertz CT molecular complexity index is 2050. The van der Waals surface area contributed by atoms with Crippen LogP contribution in [0.15, 0.2) is 78.0 Å². The van der Waals surface area contributed by atoms with Crippen molar-refractivity contribution >= 4 is 59.0 Å². The number of rotatable bonds is 16. The SMILES string of the molecule is O=C(/C=C/c1cccnc1)NCCCCC1CCN(C(=O)c2ccc(N3CCN(C(=O)COCCSc4cccc5c4CN(C4CCC(=O)NC4=O)C5=O)CC3)cc2)CC1. The largest absolute Gasteiger partial charge is 0.371 e. The fourth-order valence-electron chi connectivity index (χ4n) is 8.26. The summed E-state index contributed by atoms with van der Waals surface area (Å²) in [6, 6.07) is 16.4. The first-order chi connectivity index (χ1) is 29.2. The van der Waals surface area contributed by atoms with E-state index in [4.69, 9.17) is 4.74 Å². The number of carbonyl (C=O) groups excluding carboxylic acids is 6. The number of aromatic nitrogens is 1. The zero-order valence-corrected chi connectivity index (χ0v) is 34.7. The molecule has 3 fully saturated rings. The van der Waals surface area contributed by atoms with Crippen molar-refractivity contribution in [3.63, 3.8) is 0 Å². The van der Waals surface area contributed by atoms with Crippen LogP contribution in [0.25, 0.3) is 6.08 Å². The van der Waals surface area contributed by atoms with Gasteiger partial charge in [0.05, 0.1) is 6.61 Å². The lowest BCUT2D eigenvalue weighted by Gasteiger charge is -2.36. The Hall–Kier alpha value is -5.54. The predicted octanol–water partition coefficient (Wildman–Crippen LogP) is 4.15. The van der Waals surface area contributed by atoms with Gasteiger partial charge < -0.3 is 29.7 Å². The molecule has 1 unspecified atom stereocenters. The van der Waals surface area contributed by atoms with Gasteiger partial charge in [-0.15, -0.1) is 11.8 Å². The molecule has 1 atom stereocenters. The Morgan fingerprint density at radius 2 is 1.70 bits per heavy atom. The number of hydrogen-bond acceptors (Lipinski definition) is 10. The second kappa shape index (κ2) is 20.6. The van der Waals surface area contributed by atoms with E-state index in [0.29, 0.717) is 75.1 Å². The van der Waals surface area contributed by atoms with Crippen LogP contribution >= 0.6 is 11.8 Å². The minimum Gasteiger partial charge on any atom is -0.371 e. The summed E-state index contributed by atoms with van der Waals surface area (Å²) in [5, 5.41) is 5.29. The number of piperidine rings is 2. The molecule has 3 aromatic rings. The summed E-state index contributed by atoms with van der Waals surface area (Å²) in [4.78, 5) is 88.1. The molecule has 60 heavy (non-hydrogen) atoms. The molecule has 14 nitrogen and oxygen atoms in total. The fourth-order valence-corrected chi connectivity index (χ4v) is 9.21. The van der Waals surface area contributed by atoms with Crippen LogP contribution in [0.3, 0.4) is 0 Å². The van der Waals surface area contributed by atoms with Crippen molar-refractivity contribution < 1.29 is 33.5 Å². The van der Waals surface area contributed by atoms with E-state index >= 15 is 0 Å². The number of piperazine rings is 1. The summed E-state index contributed by atoms with van der Waals surface area (Å²) < 4.78 is 5.77. The molecule has 316 valence electrons. The Balaban J connectivity index is 0.751. The quantitative estimate of drug-likeness (QED) is 0.0929. The molecule has 0 aliphatic carbocycles. The van der Waals surface area contributed by atoms with Gasteiger partial charge >= 0.3 is 0 Å². The van der Waals surface area contributed by atoms with Gasteiger partial charge in [-0.3, -0.25) is 39.1 Å². The first-order valence-corrected chi connectivity index (χ1v) is 22.0. The normalized spacial score (nSPS) is 18.5. The number of nitrogens with one attached hydrogen (secondary N) is 2. The summed E-state index contributed by atoms with van der Waals surface area (Å²) in [6.07, 6.45) is 12.3. The summed E-state index contributed by atoms with van der Waals surface area (Å²) >= 11 is 1.55. The van der Waals surface area contributed by atoms with Crippen molar-refractivity contribution in [2.24, 2.45) is 5.92 Å². The van der Waals surface area contributed by atoms with E-state index in [-0.39, 0.29) is 42.6 Å². The molecule has 4 aliphatic heterocycles. The van der Waals surface area contributed by atoms with Gasteiger partial charge in [0.15, 0.2) is 0 Å². The number of ether oxygens (including phenoxy) is 1. The third-order valence-corrected chi connectivity index (χ3v) is 12.8. The molecule has 0 bridgehead atoms. The maximum absolute atomic E-state index is 13.3. The zero-order chi connectivity index (χ0) is 41.8. The van der Waals surface area contributed by atoms with Gasteiger partial charge in [-0.1, -0.05) is 25.0 Å². The maximum atomic E-state index is 13.3. The Kier molecular flexibility index (Phi) is 14.6. The summed E-state index contributed by atoms with van der Waals surface area (Å²) in [6.45, 7) is 5.37. The molecule has 0 radical (unpaired) electrons. The highest BCUT2D eigenvalue weighted by molar-refractivity contribution is 7.99. The van der Waals surface area contributed by atoms with E-state index < -0.39 is 11.9 Å². The van der Waals surface area contributed by atoms with Crippen LogP contribution in [0.1, 0.15) is 76.8 Å². The van der Waals surface area contributed by atoms with Gasteiger partial charge in [-0.25, -0.2) is 0 Å². The van der Waals surface area contributed by atoms with E-state index in [2.05, 4.69) is 20.5 Å². The maximum Gasteiger partial charge on any atom is 0.255 e. The van der Waals surface area contributed by atoms with Crippen molar-refractivity contribution in [1.82, 2.24) is 30.3 Å². The lowest BCUT2D eigenvalue weighted by atomic mass is 9.91. The van der Waals surface area contributed by atoms with Crippen LogP contribution in [-0.4, -0.2) is 126 Å². The van der Waals surface area contributed by atoms with Gasteiger partial charge in [-0.2, -0.15) is 0 Å². The number of hydrogen-bond donors (Lipinski definition) is 2. The average Bonchev–Trinajstić information content (AvgIpc) is 3.61. The van der Waals surface area contributed by atoms with Gasteiger partial charge in [-0.05, 0) is 91.3 Å². The first kappa shape index (κ1) is 42.6. The molecule has 3 saturated heterocycles. The summed E-state index contributed by atoms with van der Waals surface area (Å²) in [5.74, 6) is 0.160.